The Morgan fingerprint density at radius 2 is 1.83 bits per heavy atom. The maximum Gasteiger partial charge on any atom is 0.328 e. The van der Waals surface area contributed by atoms with Gasteiger partial charge in [0.2, 0.25) is 5.91 Å². The van der Waals surface area contributed by atoms with E-state index in [2.05, 4.69) is 15.6 Å². The van der Waals surface area contributed by atoms with Crippen LogP contribution in [-0.2, 0) is 20.7 Å². The molecular weight excluding hydrogens is 382 g/mol. The van der Waals surface area contributed by atoms with Gasteiger partial charge in [-0.2, -0.15) is 0 Å². The van der Waals surface area contributed by atoms with E-state index in [1.54, 1.807) is 24.3 Å². The van der Waals surface area contributed by atoms with Crippen molar-refractivity contribution < 1.29 is 19.1 Å². The summed E-state index contributed by atoms with van der Waals surface area (Å²) >= 11 is 0. The van der Waals surface area contributed by atoms with Gasteiger partial charge in [-0.15, -0.1) is 0 Å². The van der Waals surface area contributed by atoms with Crippen LogP contribution >= 0.6 is 0 Å². The van der Waals surface area contributed by atoms with Crippen molar-refractivity contribution in [3.63, 3.8) is 0 Å². The maximum absolute atomic E-state index is 12.7. The van der Waals surface area contributed by atoms with Crippen LogP contribution in [0.3, 0.4) is 0 Å². The maximum atomic E-state index is 12.7. The molecule has 7 heteroatoms. The Bertz CT molecular complexity index is 1080. The fourth-order valence-electron chi connectivity index (χ4n) is 3.39. The lowest BCUT2D eigenvalue weighted by molar-refractivity contribution is -0.142. The summed E-state index contributed by atoms with van der Waals surface area (Å²) in [5.41, 5.74) is 2.92. The number of carbonyl (C=O) groups is 3. The van der Waals surface area contributed by atoms with Crippen LogP contribution in [0.25, 0.3) is 10.9 Å². The normalized spacial score (nSPS) is 14.2. The Morgan fingerprint density at radius 3 is 2.53 bits per heavy atom. The standard InChI is InChI=1S/C23H23N3O4/c1-30-23(29)20(12-16-13-24-19-5-3-2-4-18(16)19)26-22(28)15-8-10-17(11-9-15)25-21(27)14-6-7-14/h2-5,8-11,13-14,20,24H,6-7,12H2,1H3,(H,25,27)(H,26,28)/t20-/m0/s1. The number of para-hydroxylation sites is 1. The molecule has 0 bridgehead atoms. The molecule has 1 aromatic heterocycles. The summed E-state index contributed by atoms with van der Waals surface area (Å²) in [7, 11) is 1.30. The van der Waals surface area contributed by atoms with Crippen LogP contribution in [0, 0.1) is 5.92 Å². The minimum Gasteiger partial charge on any atom is -0.467 e. The SMILES string of the molecule is COC(=O)[C@H](Cc1c[nH]c2ccccc12)NC(=O)c1ccc(NC(=O)C2CC2)cc1. The number of benzene rings is 2. The van der Waals surface area contributed by atoms with Gasteiger partial charge in [0, 0.05) is 40.7 Å². The number of esters is 1. The van der Waals surface area contributed by atoms with Gasteiger partial charge in [0.15, 0.2) is 0 Å². The number of hydrogen-bond donors (Lipinski definition) is 3. The second-order valence-electron chi connectivity index (χ2n) is 7.45. The van der Waals surface area contributed by atoms with Crippen LogP contribution in [0.1, 0.15) is 28.8 Å². The quantitative estimate of drug-likeness (QED) is 0.526. The number of H-pyrrole nitrogens is 1. The van der Waals surface area contributed by atoms with Crippen molar-refractivity contribution >= 4 is 34.4 Å². The first-order valence-electron chi connectivity index (χ1n) is 9.90. The highest BCUT2D eigenvalue weighted by molar-refractivity contribution is 5.98. The molecule has 154 valence electrons. The van der Waals surface area contributed by atoms with Crippen molar-refractivity contribution in [2.24, 2.45) is 5.92 Å². The van der Waals surface area contributed by atoms with Crippen LogP contribution in [0.15, 0.2) is 54.7 Å². The van der Waals surface area contributed by atoms with E-state index in [1.165, 1.54) is 7.11 Å². The summed E-state index contributed by atoms with van der Waals surface area (Å²) < 4.78 is 4.89. The van der Waals surface area contributed by atoms with Gasteiger partial charge in [0.1, 0.15) is 6.04 Å². The van der Waals surface area contributed by atoms with Gasteiger partial charge in [-0.3, -0.25) is 9.59 Å². The number of anilines is 1. The second-order valence-corrected chi connectivity index (χ2v) is 7.45. The molecule has 1 fully saturated rings. The zero-order valence-electron chi connectivity index (χ0n) is 16.6. The summed E-state index contributed by atoms with van der Waals surface area (Å²) in [6, 6.07) is 13.6. The van der Waals surface area contributed by atoms with Gasteiger partial charge in [-0.25, -0.2) is 4.79 Å². The third-order valence-corrected chi connectivity index (χ3v) is 5.25. The zero-order valence-corrected chi connectivity index (χ0v) is 16.6. The number of aromatic nitrogens is 1. The molecule has 7 nitrogen and oxygen atoms in total. The first kappa shape index (κ1) is 19.7. The highest BCUT2D eigenvalue weighted by Crippen LogP contribution is 2.30. The minimum atomic E-state index is -0.823. The van der Waals surface area contributed by atoms with E-state index < -0.39 is 12.0 Å². The van der Waals surface area contributed by atoms with E-state index in [0.717, 1.165) is 29.3 Å². The molecule has 0 spiro atoms. The summed E-state index contributed by atoms with van der Waals surface area (Å²) in [4.78, 5) is 40.0. The zero-order chi connectivity index (χ0) is 21.1. The molecule has 4 rings (SSSR count). The summed E-state index contributed by atoms with van der Waals surface area (Å²) in [5.74, 6) is -0.776. The van der Waals surface area contributed by atoms with Crippen molar-refractivity contribution in [2.45, 2.75) is 25.3 Å². The fourth-order valence-corrected chi connectivity index (χ4v) is 3.39. The van der Waals surface area contributed by atoms with Crippen LogP contribution in [-0.4, -0.2) is 35.9 Å². The van der Waals surface area contributed by atoms with Gasteiger partial charge in [-0.05, 0) is 48.7 Å². The van der Waals surface area contributed by atoms with Crippen molar-refractivity contribution in [3.05, 3.63) is 65.9 Å². The second kappa shape index (κ2) is 8.41. The number of amides is 2. The molecule has 30 heavy (non-hydrogen) atoms. The molecule has 3 aromatic rings. The first-order chi connectivity index (χ1) is 14.5. The number of methoxy groups -OCH3 is 1. The van der Waals surface area contributed by atoms with Crippen molar-refractivity contribution in [2.75, 3.05) is 12.4 Å². The monoisotopic (exact) mass is 405 g/mol. The molecule has 0 saturated heterocycles. The number of rotatable bonds is 7. The molecule has 2 aromatic carbocycles. The highest BCUT2D eigenvalue weighted by atomic mass is 16.5. The molecule has 2 amide bonds. The lowest BCUT2D eigenvalue weighted by Crippen LogP contribution is -2.43. The van der Waals surface area contributed by atoms with Gasteiger partial charge in [0.25, 0.3) is 5.91 Å². The van der Waals surface area contributed by atoms with E-state index in [4.69, 9.17) is 4.74 Å². The molecule has 1 aliphatic rings. The Morgan fingerprint density at radius 1 is 1.10 bits per heavy atom. The topological polar surface area (TPSA) is 100 Å². The van der Waals surface area contributed by atoms with E-state index in [0.29, 0.717) is 17.7 Å². The van der Waals surface area contributed by atoms with E-state index >= 15 is 0 Å². The van der Waals surface area contributed by atoms with Crippen LogP contribution in [0.5, 0.6) is 0 Å². The largest absolute Gasteiger partial charge is 0.467 e. The highest BCUT2D eigenvalue weighted by Gasteiger charge is 2.29. The predicted octanol–water partition coefficient (Wildman–Crippen LogP) is 3.03. The predicted molar refractivity (Wildman–Crippen MR) is 113 cm³/mol. The van der Waals surface area contributed by atoms with Gasteiger partial charge >= 0.3 is 5.97 Å². The van der Waals surface area contributed by atoms with Crippen LogP contribution in [0.4, 0.5) is 5.69 Å². The Hall–Kier alpha value is -3.61. The van der Waals surface area contributed by atoms with Crippen molar-refractivity contribution in [3.8, 4) is 0 Å². The Balaban J connectivity index is 1.45. The van der Waals surface area contributed by atoms with E-state index in [1.807, 2.05) is 30.5 Å². The third-order valence-electron chi connectivity index (χ3n) is 5.25. The fraction of sp³-hybridized carbons (Fsp3) is 0.261. The molecule has 1 aliphatic carbocycles. The summed E-state index contributed by atoms with van der Waals surface area (Å²) in [5, 5.41) is 6.59. The number of ether oxygens (including phenoxy) is 1. The molecule has 1 atom stereocenters. The first-order valence-corrected chi connectivity index (χ1v) is 9.90. The smallest absolute Gasteiger partial charge is 0.328 e. The molecule has 3 N–H and O–H groups in total. The number of nitrogens with one attached hydrogen (secondary N) is 3. The average molecular weight is 405 g/mol. The van der Waals surface area contributed by atoms with Crippen LogP contribution < -0.4 is 10.6 Å². The van der Waals surface area contributed by atoms with Crippen molar-refractivity contribution in [1.82, 2.24) is 10.3 Å². The third kappa shape index (κ3) is 4.35. The average Bonchev–Trinajstić information content (AvgIpc) is 3.55. The number of aromatic amines is 1. The van der Waals surface area contributed by atoms with Gasteiger partial charge in [-0.1, -0.05) is 18.2 Å². The molecule has 1 saturated carbocycles. The molecular formula is C23H23N3O4. The van der Waals surface area contributed by atoms with E-state index in [-0.39, 0.29) is 17.7 Å². The number of hydrogen-bond acceptors (Lipinski definition) is 4. The van der Waals surface area contributed by atoms with Crippen molar-refractivity contribution in [1.29, 1.82) is 0 Å². The lowest BCUT2D eigenvalue weighted by Gasteiger charge is -2.16. The Kier molecular flexibility index (Phi) is 5.52. The Labute approximate surface area is 173 Å². The molecule has 0 unspecified atom stereocenters. The van der Waals surface area contributed by atoms with Crippen LogP contribution in [0.2, 0.25) is 0 Å². The molecule has 1 heterocycles. The minimum absolute atomic E-state index is 0.0108. The lowest BCUT2D eigenvalue weighted by atomic mass is 10.0. The molecule has 0 aliphatic heterocycles. The summed E-state index contributed by atoms with van der Waals surface area (Å²) in [6.45, 7) is 0. The number of carbonyl (C=O) groups excluding carboxylic acids is 3. The van der Waals surface area contributed by atoms with E-state index in [9.17, 15) is 14.4 Å². The number of fused-ring (bicyclic) bond motifs is 1. The summed E-state index contributed by atoms with van der Waals surface area (Å²) in [6.07, 6.45) is 4.00. The van der Waals surface area contributed by atoms with Gasteiger partial charge < -0.3 is 20.4 Å². The molecule has 0 radical (unpaired) electrons. The van der Waals surface area contributed by atoms with Gasteiger partial charge in [0.05, 0.1) is 7.11 Å².